The number of aromatic nitrogens is 2. The number of nitriles is 1. The summed E-state index contributed by atoms with van der Waals surface area (Å²) in [6.45, 7) is 12.5. The number of ketones is 1. The molecule has 0 bridgehead atoms. The molecule has 6 heteroatoms. The monoisotopic (exact) mass is 395 g/mol. The summed E-state index contributed by atoms with van der Waals surface area (Å²) in [6.07, 6.45) is 1.53. The first-order chi connectivity index (χ1) is 13.6. The zero-order chi connectivity index (χ0) is 21.9. The molecule has 0 aliphatic heterocycles. The number of hydrogen-bond donors (Lipinski definition) is 0. The van der Waals surface area contributed by atoms with Gasteiger partial charge in [0.05, 0.1) is 0 Å². The van der Waals surface area contributed by atoms with Crippen LogP contribution in [0.2, 0.25) is 0 Å². The fourth-order valence-electron chi connectivity index (χ4n) is 3.34. The second-order valence-electron chi connectivity index (χ2n) is 7.84. The van der Waals surface area contributed by atoms with E-state index < -0.39 is 12.6 Å². The highest BCUT2D eigenvalue weighted by Crippen LogP contribution is 2.20. The van der Waals surface area contributed by atoms with Crippen molar-refractivity contribution in [2.24, 2.45) is 13.0 Å². The lowest BCUT2D eigenvalue weighted by Crippen LogP contribution is -2.15. The van der Waals surface area contributed by atoms with Gasteiger partial charge in [0.15, 0.2) is 6.61 Å². The number of esters is 1. The van der Waals surface area contributed by atoms with Crippen LogP contribution in [0.1, 0.15) is 52.5 Å². The van der Waals surface area contributed by atoms with E-state index in [1.54, 1.807) is 6.07 Å². The van der Waals surface area contributed by atoms with Crippen molar-refractivity contribution in [2.45, 2.75) is 48.1 Å². The quantitative estimate of drug-likeness (QED) is 0.307. The Morgan fingerprint density at radius 3 is 2.31 bits per heavy atom. The molecule has 0 fully saturated rings. The number of rotatable bonds is 7. The Balaban J connectivity index is 2.16. The van der Waals surface area contributed by atoms with E-state index in [9.17, 15) is 14.9 Å². The van der Waals surface area contributed by atoms with Crippen LogP contribution in [0.15, 0.2) is 17.7 Å². The minimum atomic E-state index is -0.792. The van der Waals surface area contributed by atoms with Crippen LogP contribution in [0.4, 0.5) is 0 Å². The van der Waals surface area contributed by atoms with E-state index in [2.05, 4.69) is 18.4 Å². The molecule has 0 aromatic carbocycles. The van der Waals surface area contributed by atoms with Gasteiger partial charge in [0, 0.05) is 41.9 Å². The molecule has 2 rings (SSSR count). The summed E-state index contributed by atoms with van der Waals surface area (Å²) in [5.41, 5.74) is 5.03. The smallest absolute Gasteiger partial charge is 0.349 e. The molecule has 0 atom stereocenters. The second-order valence-corrected chi connectivity index (χ2v) is 7.84. The van der Waals surface area contributed by atoms with E-state index >= 15 is 0 Å². The summed E-state index contributed by atoms with van der Waals surface area (Å²) < 4.78 is 9.21. The SMILES string of the molecule is Cc1cc(C(=O)COC(=O)C(C#N)=Cc2cc(C)n(CC(C)C)c2C)c(C)n1C. The maximum Gasteiger partial charge on any atom is 0.349 e. The molecule has 0 N–H and O–H groups in total. The van der Waals surface area contributed by atoms with Gasteiger partial charge < -0.3 is 13.9 Å². The predicted molar refractivity (Wildman–Crippen MR) is 113 cm³/mol. The molecule has 0 saturated carbocycles. The van der Waals surface area contributed by atoms with E-state index in [0.717, 1.165) is 34.9 Å². The molecule has 154 valence electrons. The third-order valence-corrected chi connectivity index (χ3v) is 5.21. The van der Waals surface area contributed by atoms with Crippen LogP contribution in [0.3, 0.4) is 0 Å². The summed E-state index contributed by atoms with van der Waals surface area (Å²) in [5, 5.41) is 9.42. The molecular weight excluding hydrogens is 366 g/mol. The third-order valence-electron chi connectivity index (χ3n) is 5.21. The molecule has 0 aliphatic rings. The summed E-state index contributed by atoms with van der Waals surface area (Å²) >= 11 is 0. The minimum absolute atomic E-state index is 0.122. The number of nitrogens with zero attached hydrogens (tertiary/aromatic N) is 3. The minimum Gasteiger partial charge on any atom is -0.453 e. The topological polar surface area (TPSA) is 77.0 Å². The molecule has 0 aliphatic carbocycles. The molecule has 0 saturated heterocycles. The first-order valence-corrected chi connectivity index (χ1v) is 9.68. The van der Waals surface area contributed by atoms with Crippen molar-refractivity contribution in [3.8, 4) is 6.07 Å². The molecule has 0 amide bonds. The number of Topliss-reactive ketones (excluding diaryl/α,β-unsaturated/α-hetero) is 1. The first kappa shape index (κ1) is 22.2. The van der Waals surface area contributed by atoms with Gasteiger partial charge in [-0.05, 0) is 57.4 Å². The molecule has 0 radical (unpaired) electrons. The van der Waals surface area contributed by atoms with Gasteiger partial charge in [-0.1, -0.05) is 13.8 Å². The van der Waals surface area contributed by atoms with Gasteiger partial charge in [-0.15, -0.1) is 0 Å². The highest BCUT2D eigenvalue weighted by atomic mass is 16.5. The third kappa shape index (κ3) is 4.86. The van der Waals surface area contributed by atoms with Crippen LogP contribution in [0.5, 0.6) is 0 Å². The zero-order valence-corrected chi connectivity index (χ0v) is 18.3. The average Bonchev–Trinajstić information content (AvgIpc) is 3.07. The fourth-order valence-corrected chi connectivity index (χ4v) is 3.34. The molecule has 29 heavy (non-hydrogen) atoms. The van der Waals surface area contributed by atoms with Crippen molar-refractivity contribution in [1.82, 2.24) is 9.13 Å². The number of hydrogen-bond acceptors (Lipinski definition) is 4. The van der Waals surface area contributed by atoms with Crippen LogP contribution in [-0.4, -0.2) is 27.5 Å². The van der Waals surface area contributed by atoms with Crippen molar-refractivity contribution in [1.29, 1.82) is 5.26 Å². The van der Waals surface area contributed by atoms with Crippen molar-refractivity contribution < 1.29 is 14.3 Å². The van der Waals surface area contributed by atoms with Crippen LogP contribution in [-0.2, 0) is 23.1 Å². The van der Waals surface area contributed by atoms with Crippen LogP contribution in [0, 0.1) is 44.9 Å². The van der Waals surface area contributed by atoms with Crippen molar-refractivity contribution in [3.05, 3.63) is 51.6 Å². The predicted octanol–water partition coefficient (Wildman–Crippen LogP) is 4.05. The Morgan fingerprint density at radius 1 is 1.14 bits per heavy atom. The van der Waals surface area contributed by atoms with E-state index in [0.29, 0.717) is 11.5 Å². The lowest BCUT2D eigenvalue weighted by Gasteiger charge is -2.12. The van der Waals surface area contributed by atoms with Gasteiger partial charge >= 0.3 is 5.97 Å². The summed E-state index contributed by atoms with van der Waals surface area (Å²) in [5.74, 6) is -0.597. The summed E-state index contributed by atoms with van der Waals surface area (Å²) in [6, 6.07) is 5.62. The van der Waals surface area contributed by atoms with E-state index in [1.165, 1.54) is 6.08 Å². The normalized spacial score (nSPS) is 11.6. The fraction of sp³-hybridized carbons (Fsp3) is 0.435. The van der Waals surface area contributed by atoms with Gasteiger partial charge in [-0.25, -0.2) is 4.79 Å². The number of ether oxygens (including phenoxy) is 1. The maximum absolute atomic E-state index is 12.4. The van der Waals surface area contributed by atoms with Gasteiger partial charge in [-0.2, -0.15) is 5.26 Å². The Labute approximate surface area is 172 Å². The van der Waals surface area contributed by atoms with Gasteiger partial charge in [0.1, 0.15) is 11.6 Å². The molecular formula is C23H29N3O3. The Bertz CT molecular complexity index is 1010. The molecule has 6 nitrogen and oxygen atoms in total. The molecule has 0 unspecified atom stereocenters. The Morgan fingerprint density at radius 2 is 1.79 bits per heavy atom. The summed E-state index contributed by atoms with van der Waals surface area (Å²) in [4.78, 5) is 24.8. The highest BCUT2D eigenvalue weighted by molar-refractivity contribution is 6.02. The molecule has 2 aromatic heterocycles. The molecule has 2 heterocycles. The van der Waals surface area contributed by atoms with Crippen molar-refractivity contribution >= 4 is 17.8 Å². The number of aryl methyl sites for hydroxylation is 2. The van der Waals surface area contributed by atoms with Crippen LogP contribution in [0.25, 0.3) is 6.08 Å². The van der Waals surface area contributed by atoms with E-state index in [1.807, 2.05) is 51.4 Å². The lowest BCUT2D eigenvalue weighted by atomic mass is 10.1. The van der Waals surface area contributed by atoms with Gasteiger partial charge in [0.25, 0.3) is 0 Å². The molecule has 0 spiro atoms. The second kappa shape index (κ2) is 8.95. The van der Waals surface area contributed by atoms with Crippen molar-refractivity contribution in [3.63, 3.8) is 0 Å². The van der Waals surface area contributed by atoms with Gasteiger partial charge in [0.2, 0.25) is 5.78 Å². The van der Waals surface area contributed by atoms with Gasteiger partial charge in [-0.3, -0.25) is 4.79 Å². The van der Waals surface area contributed by atoms with E-state index in [4.69, 9.17) is 4.74 Å². The lowest BCUT2D eigenvalue weighted by molar-refractivity contribution is -0.137. The standard InChI is InChI=1S/C23H29N3O3/c1-14(2)12-26-16(4)8-19(17(26)5)10-20(11-24)23(28)29-13-22(27)21-9-15(3)25(7)18(21)6/h8-10,14H,12-13H2,1-7H3. The average molecular weight is 396 g/mol. The first-order valence-electron chi connectivity index (χ1n) is 9.68. The Kier molecular flexibility index (Phi) is 6.86. The molecule has 2 aromatic rings. The summed E-state index contributed by atoms with van der Waals surface area (Å²) in [7, 11) is 1.87. The van der Waals surface area contributed by atoms with Crippen molar-refractivity contribution in [2.75, 3.05) is 6.61 Å². The number of carbonyl (C=O) groups excluding carboxylic acids is 2. The largest absolute Gasteiger partial charge is 0.453 e. The number of carbonyl (C=O) groups is 2. The van der Waals surface area contributed by atoms with E-state index in [-0.39, 0.29) is 11.4 Å². The maximum atomic E-state index is 12.4. The van der Waals surface area contributed by atoms with Crippen LogP contribution < -0.4 is 0 Å². The Hall–Kier alpha value is -3.07. The van der Waals surface area contributed by atoms with Crippen LogP contribution >= 0.6 is 0 Å². The highest BCUT2D eigenvalue weighted by Gasteiger charge is 2.19. The zero-order valence-electron chi connectivity index (χ0n) is 18.3.